The first-order chi connectivity index (χ1) is 22.1. The number of hydrogen-bond acceptors (Lipinski definition) is 14. The highest BCUT2D eigenvalue weighted by Crippen LogP contribution is 2.82. The van der Waals surface area contributed by atoms with Crippen LogP contribution in [0, 0.1) is 34.0 Å². The van der Waals surface area contributed by atoms with Gasteiger partial charge in [-0.2, -0.15) is 0 Å². The molecule has 3 saturated carbocycles. The van der Waals surface area contributed by atoms with E-state index >= 15 is 0 Å². The Balaban J connectivity index is 1.34. The number of epoxide rings is 1. The number of aliphatic hydroxyl groups is 3. The van der Waals surface area contributed by atoms with Gasteiger partial charge in [0.2, 0.25) is 6.29 Å². The smallest absolute Gasteiger partial charge is 0.333 e. The van der Waals surface area contributed by atoms with E-state index in [0.717, 1.165) is 0 Å². The Morgan fingerprint density at radius 1 is 1.00 bits per heavy atom. The molecule has 2 bridgehead atoms. The summed E-state index contributed by atoms with van der Waals surface area (Å²) in [4.78, 5) is 40.0. The number of ether oxygens (including phenoxy) is 8. The summed E-state index contributed by atoms with van der Waals surface area (Å²) in [6, 6.07) is 0. The number of rotatable bonds is 5. The largest absolute Gasteiger partial charge is 0.469 e. The fourth-order valence-corrected chi connectivity index (χ4v) is 11.7. The second kappa shape index (κ2) is 9.55. The Morgan fingerprint density at radius 3 is 2.43 bits per heavy atom. The first-order valence-corrected chi connectivity index (χ1v) is 16.2. The molecule has 8 aliphatic rings. The Kier molecular flexibility index (Phi) is 6.44. The van der Waals surface area contributed by atoms with Gasteiger partial charge in [-0.15, -0.1) is 0 Å². The quantitative estimate of drug-likeness (QED) is 0.157. The molecule has 5 heterocycles. The number of carbonyl (C=O) groups is 3. The van der Waals surface area contributed by atoms with E-state index in [1.807, 2.05) is 6.92 Å². The topological polar surface area (TPSA) is 189 Å². The van der Waals surface area contributed by atoms with E-state index < -0.39 is 112 Å². The zero-order chi connectivity index (χ0) is 33.7. The Bertz CT molecular complexity index is 1490. The fourth-order valence-electron chi connectivity index (χ4n) is 11.7. The molecule has 0 amide bonds. The van der Waals surface area contributed by atoms with Crippen molar-refractivity contribution in [2.75, 3.05) is 20.3 Å². The summed E-state index contributed by atoms with van der Waals surface area (Å²) < 4.78 is 48.7. The van der Waals surface area contributed by atoms with Crippen molar-refractivity contribution in [3.05, 3.63) is 24.0 Å². The molecule has 0 radical (unpaired) electrons. The van der Waals surface area contributed by atoms with Crippen molar-refractivity contribution in [1.29, 1.82) is 0 Å². The average Bonchev–Trinajstić information content (AvgIpc) is 3.43. The van der Waals surface area contributed by atoms with E-state index in [9.17, 15) is 29.7 Å². The lowest BCUT2D eigenvalue weighted by atomic mass is 9.38. The Morgan fingerprint density at radius 2 is 1.74 bits per heavy atom. The van der Waals surface area contributed by atoms with Crippen molar-refractivity contribution < 1.29 is 67.6 Å². The zero-order valence-electron chi connectivity index (χ0n) is 27.2. The van der Waals surface area contributed by atoms with E-state index in [0.29, 0.717) is 12.0 Å². The summed E-state index contributed by atoms with van der Waals surface area (Å²) in [6.07, 6.45) is -3.09. The number of carbonyl (C=O) groups excluding carboxylic acids is 3. The molecule has 3 N–H and O–H groups in total. The Hall–Kier alpha value is -2.59. The maximum atomic E-state index is 14.0. The molecule has 14 nitrogen and oxygen atoms in total. The summed E-state index contributed by atoms with van der Waals surface area (Å²) in [5, 5.41) is 36.4. The molecule has 3 aliphatic carbocycles. The molecule has 5 aliphatic heterocycles. The third-order valence-electron chi connectivity index (χ3n) is 13.6. The number of hydrogen-bond donors (Lipinski definition) is 3. The molecule has 0 aromatic carbocycles. The van der Waals surface area contributed by atoms with Gasteiger partial charge in [-0.25, -0.2) is 4.79 Å². The Labute approximate surface area is 271 Å². The van der Waals surface area contributed by atoms with Crippen LogP contribution < -0.4 is 0 Å². The first-order valence-electron chi connectivity index (χ1n) is 16.2. The van der Waals surface area contributed by atoms with Crippen LogP contribution in [0.5, 0.6) is 0 Å². The van der Waals surface area contributed by atoms with Gasteiger partial charge in [0.25, 0.3) is 0 Å². The molecule has 0 aromatic rings. The fraction of sp³-hybridized carbons (Fsp3) is 0.788. The minimum atomic E-state index is -1.63. The maximum absolute atomic E-state index is 14.0. The minimum absolute atomic E-state index is 0.128. The first kappa shape index (κ1) is 31.7. The maximum Gasteiger partial charge on any atom is 0.333 e. The van der Waals surface area contributed by atoms with Crippen molar-refractivity contribution in [3.8, 4) is 0 Å². The van der Waals surface area contributed by atoms with E-state index in [1.165, 1.54) is 20.3 Å². The molecule has 16 atom stereocenters. The van der Waals surface area contributed by atoms with Crippen molar-refractivity contribution in [2.45, 2.75) is 107 Å². The molecule has 1 spiro atoms. The summed E-state index contributed by atoms with van der Waals surface area (Å²) in [6.45, 7) is 7.74. The third-order valence-corrected chi connectivity index (χ3v) is 13.6. The van der Waals surface area contributed by atoms with Crippen molar-refractivity contribution in [1.82, 2.24) is 0 Å². The van der Waals surface area contributed by atoms with Gasteiger partial charge >= 0.3 is 17.9 Å². The normalized spacial score (nSPS) is 56.1. The standard InChI is InChI=1S/C33H42O14/c1-7-14(2)24(36)45-17-11-18(44-15(3)34)31(26(38)40-6)13-42-20-21(31)30(17)12-43-25(37)22(30)28(4,23(20)35)33-19-10-16(29(33,5)47-33)32(39)8-9-41-27(32)46-19/h7-9,16-23,25,27,35,37,39H,10-13H2,1-6H3/b14-7-/t16-,17+,18-,19+,20-,21-,22+,23-,25+,27+,28-,29-,30-,31-,32+,33-/m1/s1. The predicted octanol–water partition coefficient (Wildman–Crippen LogP) is 0.254. The second-order valence-electron chi connectivity index (χ2n) is 15.0. The van der Waals surface area contributed by atoms with E-state index in [2.05, 4.69) is 0 Å². The second-order valence-corrected chi connectivity index (χ2v) is 15.0. The van der Waals surface area contributed by atoms with E-state index in [-0.39, 0.29) is 19.6 Å². The lowest BCUT2D eigenvalue weighted by Crippen LogP contribution is -2.77. The molecule has 47 heavy (non-hydrogen) atoms. The summed E-state index contributed by atoms with van der Waals surface area (Å²) in [5.74, 6) is -4.53. The summed E-state index contributed by atoms with van der Waals surface area (Å²) in [5.41, 5.74) is -7.94. The van der Waals surface area contributed by atoms with Gasteiger partial charge in [-0.3, -0.25) is 9.59 Å². The van der Waals surface area contributed by atoms with Gasteiger partial charge in [0, 0.05) is 47.5 Å². The van der Waals surface area contributed by atoms with Crippen molar-refractivity contribution in [2.24, 2.45) is 34.0 Å². The van der Waals surface area contributed by atoms with Gasteiger partial charge in [0.1, 0.15) is 28.8 Å². The average molecular weight is 663 g/mol. The van der Waals surface area contributed by atoms with Crippen LogP contribution in [-0.4, -0.2) is 113 Å². The van der Waals surface area contributed by atoms with Gasteiger partial charge in [-0.05, 0) is 33.3 Å². The highest BCUT2D eigenvalue weighted by molar-refractivity contribution is 5.88. The summed E-state index contributed by atoms with van der Waals surface area (Å²) in [7, 11) is 1.22. The van der Waals surface area contributed by atoms with Crippen LogP contribution in [0.3, 0.4) is 0 Å². The van der Waals surface area contributed by atoms with Crippen LogP contribution in [0.4, 0.5) is 0 Å². The van der Waals surface area contributed by atoms with Gasteiger partial charge < -0.3 is 53.2 Å². The van der Waals surface area contributed by atoms with Crippen LogP contribution in [0.1, 0.15) is 47.5 Å². The molecule has 7 fully saturated rings. The van der Waals surface area contributed by atoms with E-state index in [4.69, 9.17) is 37.9 Å². The van der Waals surface area contributed by atoms with E-state index in [1.54, 1.807) is 32.9 Å². The minimum Gasteiger partial charge on any atom is -0.469 e. The molecule has 4 saturated heterocycles. The van der Waals surface area contributed by atoms with Crippen molar-refractivity contribution in [3.63, 3.8) is 0 Å². The van der Waals surface area contributed by atoms with Crippen LogP contribution in [-0.2, 0) is 52.3 Å². The molecule has 0 aromatic heterocycles. The number of allylic oxidation sites excluding steroid dienone is 1. The predicted molar refractivity (Wildman–Crippen MR) is 153 cm³/mol. The highest BCUT2D eigenvalue weighted by Gasteiger charge is 2.95. The monoisotopic (exact) mass is 662 g/mol. The van der Waals surface area contributed by atoms with Crippen molar-refractivity contribution >= 4 is 17.9 Å². The lowest BCUT2D eigenvalue weighted by Gasteiger charge is -2.65. The molecule has 258 valence electrons. The number of aliphatic hydroxyl groups excluding tert-OH is 2. The summed E-state index contributed by atoms with van der Waals surface area (Å²) >= 11 is 0. The molecular formula is C33H42O14. The van der Waals surface area contributed by atoms with Gasteiger partial charge in [-0.1, -0.05) is 13.0 Å². The third kappa shape index (κ3) is 3.29. The molecule has 14 heteroatoms. The SMILES string of the molecule is C/C=C(/C)C(=O)O[C@H]1C[C@@H](OC(C)=O)[C@]2(C(=O)OC)CO[C@H]3[C@@H](O)[C@](C)([C@@]45O[C@]4(C)[C@H]4C[C@@H]5O[C@@H]5OC=C[C@@]54O)[C@@H]4[C@@H](O)OC[C@]14[C@@H]32. The van der Waals surface area contributed by atoms with Crippen LogP contribution >= 0.6 is 0 Å². The van der Waals surface area contributed by atoms with Crippen LogP contribution in [0.15, 0.2) is 24.0 Å². The molecular weight excluding hydrogens is 620 g/mol. The van der Waals surface area contributed by atoms with Crippen LogP contribution in [0.25, 0.3) is 0 Å². The van der Waals surface area contributed by atoms with Gasteiger partial charge in [0.15, 0.2) is 11.9 Å². The number of esters is 3. The molecule has 8 rings (SSSR count). The van der Waals surface area contributed by atoms with Crippen LogP contribution in [0.2, 0.25) is 0 Å². The molecule has 0 unspecified atom stereocenters. The number of methoxy groups -OCH3 is 1. The number of fused-ring (bicyclic) bond motifs is 7. The highest BCUT2D eigenvalue weighted by atomic mass is 16.7. The zero-order valence-corrected chi connectivity index (χ0v) is 27.2. The lowest BCUT2D eigenvalue weighted by molar-refractivity contribution is -0.302. The van der Waals surface area contributed by atoms with Gasteiger partial charge in [0.05, 0.1) is 44.9 Å².